The van der Waals surface area contributed by atoms with Crippen LogP contribution in [0.3, 0.4) is 0 Å². The van der Waals surface area contributed by atoms with E-state index in [1.54, 1.807) is 0 Å². The molecule has 0 spiro atoms. The summed E-state index contributed by atoms with van der Waals surface area (Å²) in [5.41, 5.74) is 0. The van der Waals surface area contributed by atoms with E-state index in [2.05, 4.69) is 0 Å². The van der Waals surface area contributed by atoms with Gasteiger partial charge in [-0.2, -0.15) is 26.3 Å². The Kier molecular flexibility index (Phi) is 5.77. The Bertz CT molecular complexity index is 349. The van der Waals surface area contributed by atoms with Crippen LogP contribution in [0, 0.1) is 23.7 Å². The van der Waals surface area contributed by atoms with Crippen molar-refractivity contribution in [3.8, 4) is 0 Å². The summed E-state index contributed by atoms with van der Waals surface area (Å²) in [4.78, 5) is 0. The summed E-state index contributed by atoms with van der Waals surface area (Å²) in [7, 11) is 0. The van der Waals surface area contributed by atoms with E-state index in [-0.39, 0.29) is 38.0 Å². The summed E-state index contributed by atoms with van der Waals surface area (Å²) in [6.07, 6.45) is -9.56. The lowest BCUT2D eigenvalue weighted by molar-refractivity contribution is -0.252. The minimum atomic E-state index is -4.98. The second-order valence-electron chi connectivity index (χ2n) is 6.33. The average molecular weight is 340 g/mol. The van der Waals surface area contributed by atoms with E-state index >= 15 is 0 Å². The van der Waals surface area contributed by atoms with Crippen LogP contribution in [-0.2, 0) is 0 Å². The maximum atomic E-state index is 13.9. The Morgan fingerprint density at radius 2 is 1.23 bits per heavy atom. The number of hydrogen-bond donors (Lipinski definition) is 0. The van der Waals surface area contributed by atoms with Crippen LogP contribution in [0.5, 0.6) is 0 Å². The van der Waals surface area contributed by atoms with Crippen molar-refractivity contribution in [2.75, 3.05) is 0 Å². The molecule has 0 amide bonds. The number of rotatable bonds is 4. The summed E-state index contributed by atoms with van der Waals surface area (Å²) >= 11 is 0. The zero-order valence-electron chi connectivity index (χ0n) is 12.4. The van der Waals surface area contributed by atoms with Gasteiger partial charge in [-0.3, -0.25) is 0 Å². The third-order valence-corrected chi connectivity index (χ3v) is 4.71. The highest BCUT2D eigenvalue weighted by atomic mass is 19.4. The highest BCUT2D eigenvalue weighted by Gasteiger charge is 2.56. The highest BCUT2D eigenvalue weighted by molar-refractivity contribution is 4.89. The van der Waals surface area contributed by atoms with Gasteiger partial charge in [0.15, 0.2) is 0 Å². The predicted molar refractivity (Wildman–Crippen MR) is 65.5 cm³/mol. The van der Waals surface area contributed by atoms with Crippen molar-refractivity contribution < 1.29 is 35.1 Å². The van der Waals surface area contributed by atoms with Crippen molar-refractivity contribution in [1.82, 2.24) is 0 Å². The van der Waals surface area contributed by atoms with Gasteiger partial charge < -0.3 is 0 Å². The van der Waals surface area contributed by atoms with E-state index in [9.17, 15) is 35.1 Å². The van der Waals surface area contributed by atoms with Crippen LogP contribution >= 0.6 is 0 Å². The van der Waals surface area contributed by atoms with Gasteiger partial charge >= 0.3 is 12.4 Å². The van der Waals surface area contributed by atoms with Crippen molar-refractivity contribution in [1.29, 1.82) is 0 Å². The first-order chi connectivity index (χ1) is 9.76. The van der Waals surface area contributed by atoms with Gasteiger partial charge in [0.2, 0.25) is 0 Å². The third kappa shape index (κ3) is 4.72. The summed E-state index contributed by atoms with van der Waals surface area (Å²) in [6, 6.07) is 0. The Morgan fingerprint density at radius 1 is 0.773 bits per heavy atom. The molecule has 1 fully saturated rings. The van der Waals surface area contributed by atoms with E-state index in [1.165, 1.54) is 0 Å². The summed E-state index contributed by atoms with van der Waals surface area (Å²) < 4.78 is 103. The van der Waals surface area contributed by atoms with Crippen molar-refractivity contribution in [3.63, 3.8) is 0 Å². The Morgan fingerprint density at radius 3 is 1.59 bits per heavy atom. The highest BCUT2D eigenvalue weighted by Crippen LogP contribution is 2.48. The molecule has 0 aromatic heterocycles. The number of alkyl halides is 8. The molecule has 0 aromatic carbocycles. The molecule has 132 valence electrons. The maximum Gasteiger partial charge on any atom is 0.397 e. The van der Waals surface area contributed by atoms with Gasteiger partial charge in [0.05, 0.1) is 5.92 Å². The molecule has 0 nitrogen and oxygen atoms in total. The fourth-order valence-corrected chi connectivity index (χ4v) is 2.99. The van der Waals surface area contributed by atoms with Gasteiger partial charge in [0.25, 0.3) is 5.92 Å². The van der Waals surface area contributed by atoms with Gasteiger partial charge in [-0.05, 0) is 44.9 Å². The maximum absolute atomic E-state index is 13.9. The van der Waals surface area contributed by atoms with Crippen LogP contribution in [0.2, 0.25) is 0 Å². The topological polar surface area (TPSA) is 0 Å². The van der Waals surface area contributed by atoms with E-state index in [0.717, 1.165) is 6.92 Å². The number of halogens is 8. The van der Waals surface area contributed by atoms with E-state index in [1.807, 2.05) is 0 Å². The molecule has 1 rings (SSSR count). The van der Waals surface area contributed by atoms with Gasteiger partial charge in [-0.1, -0.05) is 6.92 Å². The van der Waals surface area contributed by atoms with Crippen molar-refractivity contribution in [3.05, 3.63) is 0 Å². The normalized spacial score (nSPS) is 27.5. The zero-order chi connectivity index (χ0) is 17.3. The van der Waals surface area contributed by atoms with Crippen molar-refractivity contribution >= 4 is 0 Å². The molecular formula is C14H20F8. The van der Waals surface area contributed by atoms with Gasteiger partial charge in [0, 0.05) is 5.92 Å². The molecule has 0 heterocycles. The minimum Gasteiger partial charge on any atom is -0.206 e. The van der Waals surface area contributed by atoms with E-state index in [4.69, 9.17) is 0 Å². The molecule has 0 saturated heterocycles. The lowest BCUT2D eigenvalue weighted by Crippen LogP contribution is -2.44. The summed E-state index contributed by atoms with van der Waals surface area (Å²) in [5, 5.41) is 0. The first kappa shape index (κ1) is 19.5. The molecule has 1 saturated carbocycles. The standard InChI is InChI=1S/C14H20F8/c1-8(13(17,18)19)7-10-3-5-11(6-4-10)12(15,16)9(2)14(20,21)22/h8-11H,3-7H2,1-2H3. The van der Waals surface area contributed by atoms with Crippen LogP contribution in [0.1, 0.15) is 46.0 Å². The first-order valence-corrected chi connectivity index (χ1v) is 7.27. The molecule has 2 atom stereocenters. The molecule has 22 heavy (non-hydrogen) atoms. The van der Waals surface area contributed by atoms with Crippen LogP contribution < -0.4 is 0 Å². The molecule has 2 unspecified atom stereocenters. The molecule has 0 aliphatic heterocycles. The largest absolute Gasteiger partial charge is 0.397 e. The molecule has 0 N–H and O–H groups in total. The van der Waals surface area contributed by atoms with E-state index in [0.29, 0.717) is 6.92 Å². The number of hydrogen-bond acceptors (Lipinski definition) is 0. The second-order valence-corrected chi connectivity index (χ2v) is 6.33. The van der Waals surface area contributed by atoms with Gasteiger partial charge in [-0.15, -0.1) is 0 Å². The molecule has 8 heteroatoms. The summed E-state index contributed by atoms with van der Waals surface area (Å²) in [5.74, 6) is -9.91. The molecule has 1 aliphatic carbocycles. The smallest absolute Gasteiger partial charge is 0.206 e. The molecule has 0 bridgehead atoms. The lowest BCUT2D eigenvalue weighted by atomic mass is 9.73. The molecule has 0 aromatic rings. The Hall–Kier alpha value is -0.560. The zero-order valence-corrected chi connectivity index (χ0v) is 12.4. The predicted octanol–water partition coefficient (Wildman–Crippen LogP) is 6.22. The average Bonchev–Trinajstić information content (AvgIpc) is 2.36. The monoisotopic (exact) mass is 340 g/mol. The van der Waals surface area contributed by atoms with Crippen LogP contribution in [0.25, 0.3) is 0 Å². The third-order valence-electron chi connectivity index (χ3n) is 4.71. The van der Waals surface area contributed by atoms with E-state index < -0.39 is 36.0 Å². The Balaban J connectivity index is 2.58. The molecule has 0 radical (unpaired) electrons. The SMILES string of the molecule is CC(CC1CCC(C(F)(F)C(C)C(F)(F)F)CC1)C(F)(F)F. The van der Waals surface area contributed by atoms with Crippen LogP contribution in [-0.4, -0.2) is 18.3 Å². The first-order valence-electron chi connectivity index (χ1n) is 7.27. The van der Waals surface area contributed by atoms with Gasteiger partial charge in [-0.25, -0.2) is 8.78 Å². The molecule has 1 aliphatic rings. The second kappa shape index (κ2) is 6.51. The fourth-order valence-electron chi connectivity index (χ4n) is 2.99. The lowest BCUT2D eigenvalue weighted by Gasteiger charge is -2.37. The quantitative estimate of drug-likeness (QED) is 0.533. The fraction of sp³-hybridized carbons (Fsp3) is 1.00. The summed E-state index contributed by atoms with van der Waals surface area (Å²) in [6.45, 7) is 1.49. The minimum absolute atomic E-state index is 0.116. The van der Waals surface area contributed by atoms with Crippen molar-refractivity contribution in [2.24, 2.45) is 23.7 Å². The van der Waals surface area contributed by atoms with Crippen LogP contribution in [0.15, 0.2) is 0 Å². The van der Waals surface area contributed by atoms with Crippen LogP contribution in [0.4, 0.5) is 35.1 Å². The van der Waals surface area contributed by atoms with Crippen molar-refractivity contribution in [2.45, 2.75) is 64.2 Å². The molecular weight excluding hydrogens is 320 g/mol. The van der Waals surface area contributed by atoms with Gasteiger partial charge in [0.1, 0.15) is 5.92 Å². The Labute approximate surface area is 124 Å².